The molecular weight excluding hydrogens is 312 g/mol. The van der Waals surface area contributed by atoms with Crippen LogP contribution in [0.25, 0.3) is 0 Å². The fourth-order valence-electron chi connectivity index (χ4n) is 3.17. The zero-order valence-electron chi connectivity index (χ0n) is 13.7. The van der Waals surface area contributed by atoms with Crippen LogP contribution in [-0.4, -0.2) is 17.6 Å². The fourth-order valence-corrected chi connectivity index (χ4v) is 3.32. The molecule has 23 heavy (non-hydrogen) atoms. The van der Waals surface area contributed by atoms with Gasteiger partial charge < -0.3 is 4.74 Å². The van der Waals surface area contributed by atoms with Crippen LogP contribution >= 0.6 is 11.6 Å². The monoisotopic (exact) mass is 336 g/mol. The van der Waals surface area contributed by atoms with E-state index in [0.717, 1.165) is 44.4 Å². The molecule has 1 saturated carbocycles. The molecule has 4 heteroatoms. The molecule has 0 aromatic heterocycles. The molecule has 1 aliphatic carbocycles. The molecule has 1 aromatic carbocycles. The highest BCUT2D eigenvalue weighted by atomic mass is 35.5. The van der Waals surface area contributed by atoms with Gasteiger partial charge in [-0.05, 0) is 68.7 Å². The van der Waals surface area contributed by atoms with Crippen molar-refractivity contribution >= 4 is 23.4 Å². The van der Waals surface area contributed by atoms with Gasteiger partial charge in [-0.2, -0.15) is 0 Å². The third-order valence-electron chi connectivity index (χ3n) is 4.64. The smallest absolute Gasteiger partial charge is 0.314 e. The first-order chi connectivity index (χ1) is 11.1. The average Bonchev–Trinajstić information content (AvgIpc) is 2.60. The highest BCUT2D eigenvalue weighted by molar-refractivity contribution is 6.17. The molecule has 0 radical (unpaired) electrons. The SMILES string of the molecule is CCC(=O)c1ccc(OC(=O)[C@H]2CC[C@H](CCCCl)CC2)cc1. The molecule has 0 bridgehead atoms. The summed E-state index contributed by atoms with van der Waals surface area (Å²) in [7, 11) is 0. The number of carbonyl (C=O) groups excluding carboxylic acids is 2. The Morgan fingerprint density at radius 3 is 2.35 bits per heavy atom. The average molecular weight is 337 g/mol. The zero-order chi connectivity index (χ0) is 16.7. The van der Waals surface area contributed by atoms with Gasteiger partial charge in [-0.3, -0.25) is 9.59 Å². The van der Waals surface area contributed by atoms with Gasteiger partial charge in [0.25, 0.3) is 0 Å². The number of ketones is 1. The van der Waals surface area contributed by atoms with E-state index in [0.29, 0.717) is 23.7 Å². The number of hydrogen-bond acceptors (Lipinski definition) is 3. The summed E-state index contributed by atoms with van der Waals surface area (Å²) < 4.78 is 5.47. The molecule has 3 nitrogen and oxygen atoms in total. The largest absolute Gasteiger partial charge is 0.426 e. The maximum Gasteiger partial charge on any atom is 0.314 e. The van der Waals surface area contributed by atoms with E-state index in [9.17, 15) is 9.59 Å². The minimum Gasteiger partial charge on any atom is -0.426 e. The predicted molar refractivity (Wildman–Crippen MR) is 92.1 cm³/mol. The van der Waals surface area contributed by atoms with Crippen molar-refractivity contribution in [2.75, 3.05) is 5.88 Å². The highest BCUT2D eigenvalue weighted by Gasteiger charge is 2.27. The lowest BCUT2D eigenvalue weighted by Gasteiger charge is -2.27. The van der Waals surface area contributed by atoms with Gasteiger partial charge in [0.15, 0.2) is 5.78 Å². The number of benzene rings is 1. The summed E-state index contributed by atoms with van der Waals surface area (Å²) in [6, 6.07) is 6.84. The lowest BCUT2D eigenvalue weighted by Crippen LogP contribution is -2.25. The maximum atomic E-state index is 12.3. The molecule has 0 amide bonds. The first kappa shape index (κ1) is 18.0. The summed E-state index contributed by atoms with van der Waals surface area (Å²) in [6.07, 6.45) is 6.67. The van der Waals surface area contributed by atoms with Gasteiger partial charge in [-0.1, -0.05) is 6.92 Å². The number of carbonyl (C=O) groups is 2. The molecule has 0 aliphatic heterocycles. The van der Waals surface area contributed by atoms with Gasteiger partial charge in [0, 0.05) is 17.9 Å². The van der Waals surface area contributed by atoms with Gasteiger partial charge in [0.1, 0.15) is 5.75 Å². The lowest BCUT2D eigenvalue weighted by atomic mass is 9.80. The molecule has 1 fully saturated rings. The van der Waals surface area contributed by atoms with Crippen molar-refractivity contribution < 1.29 is 14.3 Å². The van der Waals surface area contributed by atoms with Crippen molar-refractivity contribution in [2.24, 2.45) is 11.8 Å². The summed E-state index contributed by atoms with van der Waals surface area (Å²) in [5.41, 5.74) is 0.659. The summed E-state index contributed by atoms with van der Waals surface area (Å²) in [5, 5.41) is 0. The van der Waals surface area contributed by atoms with Crippen molar-refractivity contribution in [1.29, 1.82) is 0 Å². The van der Waals surface area contributed by atoms with E-state index in [1.807, 2.05) is 6.92 Å². The van der Waals surface area contributed by atoms with Crippen molar-refractivity contribution in [2.45, 2.75) is 51.9 Å². The van der Waals surface area contributed by atoms with E-state index < -0.39 is 0 Å². The molecule has 2 rings (SSSR count). The van der Waals surface area contributed by atoms with Crippen LogP contribution in [0.5, 0.6) is 5.75 Å². The summed E-state index contributed by atoms with van der Waals surface area (Å²) in [6.45, 7) is 1.83. The van der Waals surface area contributed by atoms with Gasteiger partial charge in [0.2, 0.25) is 0 Å². The third kappa shape index (κ3) is 5.35. The molecule has 0 heterocycles. The zero-order valence-corrected chi connectivity index (χ0v) is 14.5. The second kappa shape index (κ2) is 9.07. The Morgan fingerprint density at radius 2 is 1.78 bits per heavy atom. The summed E-state index contributed by atoms with van der Waals surface area (Å²) in [4.78, 5) is 23.8. The number of halogens is 1. The van der Waals surface area contributed by atoms with Crippen LogP contribution in [0.4, 0.5) is 0 Å². The lowest BCUT2D eigenvalue weighted by molar-refractivity contribution is -0.140. The second-order valence-electron chi connectivity index (χ2n) is 6.27. The highest BCUT2D eigenvalue weighted by Crippen LogP contribution is 2.32. The second-order valence-corrected chi connectivity index (χ2v) is 6.65. The van der Waals surface area contributed by atoms with Crippen molar-refractivity contribution in [1.82, 2.24) is 0 Å². The first-order valence-corrected chi connectivity index (χ1v) is 9.08. The Balaban J connectivity index is 1.82. The predicted octanol–water partition coefficient (Wildman–Crippen LogP) is 5.01. The van der Waals surface area contributed by atoms with Crippen LogP contribution in [0.15, 0.2) is 24.3 Å². The summed E-state index contributed by atoms with van der Waals surface area (Å²) in [5.74, 6) is 1.90. The number of alkyl halides is 1. The number of hydrogen-bond donors (Lipinski definition) is 0. The van der Waals surface area contributed by atoms with Crippen molar-refractivity contribution in [3.63, 3.8) is 0 Å². The van der Waals surface area contributed by atoms with Gasteiger partial charge in [-0.15, -0.1) is 11.6 Å². The quantitative estimate of drug-likeness (QED) is 0.304. The normalized spacial score (nSPS) is 21.0. The van der Waals surface area contributed by atoms with Gasteiger partial charge >= 0.3 is 5.97 Å². The van der Waals surface area contributed by atoms with Crippen molar-refractivity contribution in [3.05, 3.63) is 29.8 Å². The Kier molecular flexibility index (Phi) is 7.10. The Hall–Kier alpha value is -1.35. The van der Waals surface area contributed by atoms with Gasteiger partial charge in [0.05, 0.1) is 5.92 Å². The Morgan fingerprint density at radius 1 is 1.13 bits per heavy atom. The van der Waals surface area contributed by atoms with Crippen LogP contribution < -0.4 is 4.74 Å². The molecular formula is C19H25ClO3. The number of ether oxygens (including phenoxy) is 1. The van der Waals surface area contributed by atoms with E-state index in [1.54, 1.807) is 24.3 Å². The Bertz CT molecular complexity index is 516. The standard InChI is InChI=1S/C19H25ClO3/c1-2-18(21)15-9-11-17(12-10-15)23-19(22)16-7-5-14(6-8-16)4-3-13-20/h9-12,14,16H,2-8,13H2,1H3/t14-,16-. The van der Waals surface area contributed by atoms with Crippen LogP contribution in [0.1, 0.15) is 62.2 Å². The molecule has 0 unspecified atom stereocenters. The number of esters is 1. The van der Waals surface area contributed by atoms with E-state index >= 15 is 0 Å². The molecule has 0 N–H and O–H groups in total. The van der Waals surface area contributed by atoms with E-state index in [4.69, 9.17) is 16.3 Å². The molecule has 0 saturated heterocycles. The molecule has 1 aliphatic rings. The van der Waals surface area contributed by atoms with Gasteiger partial charge in [-0.25, -0.2) is 0 Å². The van der Waals surface area contributed by atoms with Crippen LogP contribution in [0.2, 0.25) is 0 Å². The van der Waals surface area contributed by atoms with Crippen LogP contribution in [0.3, 0.4) is 0 Å². The number of rotatable bonds is 7. The first-order valence-electron chi connectivity index (χ1n) is 8.55. The summed E-state index contributed by atoms with van der Waals surface area (Å²) >= 11 is 5.73. The van der Waals surface area contributed by atoms with Crippen LogP contribution in [0, 0.1) is 11.8 Å². The Labute approximate surface area is 143 Å². The van der Waals surface area contributed by atoms with E-state index in [2.05, 4.69) is 0 Å². The molecule has 126 valence electrons. The topological polar surface area (TPSA) is 43.4 Å². The minimum absolute atomic E-state index is 0.000739. The van der Waals surface area contributed by atoms with Crippen LogP contribution in [-0.2, 0) is 4.79 Å². The molecule has 1 aromatic rings. The molecule has 0 spiro atoms. The van der Waals surface area contributed by atoms with E-state index in [1.165, 1.54) is 0 Å². The fraction of sp³-hybridized carbons (Fsp3) is 0.579. The number of Topliss-reactive ketones (excluding diaryl/α,β-unsaturated/α-hetero) is 1. The third-order valence-corrected chi connectivity index (χ3v) is 4.91. The minimum atomic E-state index is -0.143. The maximum absolute atomic E-state index is 12.3. The molecule has 0 atom stereocenters. The van der Waals surface area contributed by atoms with Crippen molar-refractivity contribution in [3.8, 4) is 5.75 Å². The van der Waals surface area contributed by atoms with E-state index in [-0.39, 0.29) is 17.7 Å².